The minimum atomic E-state index is -0.0644. The lowest BCUT2D eigenvalue weighted by Crippen LogP contribution is -2.59. The van der Waals surface area contributed by atoms with Crippen LogP contribution in [0.25, 0.3) is 93.2 Å². The van der Waals surface area contributed by atoms with Crippen LogP contribution in [0.4, 0.5) is 0 Å². The largest absolute Gasteiger partial charge is 0.309 e. The number of pyridine rings is 2. The van der Waals surface area contributed by atoms with Gasteiger partial charge >= 0.3 is 0 Å². The van der Waals surface area contributed by atoms with Gasteiger partial charge in [-0.25, -0.2) is 0 Å². The maximum Gasteiger partial charge on any atom is 0.252 e. The van der Waals surface area contributed by atoms with Gasteiger partial charge in [0.1, 0.15) is 0 Å². The molecule has 2 aliphatic heterocycles. The van der Waals surface area contributed by atoms with Gasteiger partial charge in [-0.15, -0.1) is 0 Å². The zero-order chi connectivity index (χ0) is 42.9. The van der Waals surface area contributed by atoms with Gasteiger partial charge in [0.15, 0.2) is 0 Å². The highest BCUT2D eigenvalue weighted by molar-refractivity contribution is 7.01. The molecular formula is C56H52BN5. The van der Waals surface area contributed by atoms with Crippen molar-refractivity contribution in [1.82, 2.24) is 23.5 Å². The summed E-state index contributed by atoms with van der Waals surface area (Å²) < 4.78 is 7.87. The minimum absolute atomic E-state index is 0.00288. The first-order chi connectivity index (χ1) is 29.3. The summed E-state index contributed by atoms with van der Waals surface area (Å²) in [4.78, 5) is 10.1. The average molecular weight is 806 g/mol. The Balaban J connectivity index is 1.36. The third-order valence-corrected chi connectivity index (χ3v) is 14.9. The van der Waals surface area contributed by atoms with Crippen molar-refractivity contribution in [2.75, 3.05) is 0 Å². The Morgan fingerprint density at radius 2 is 0.984 bits per heavy atom. The van der Waals surface area contributed by atoms with E-state index in [9.17, 15) is 0 Å². The van der Waals surface area contributed by atoms with E-state index in [0.29, 0.717) is 0 Å². The molecule has 0 saturated carbocycles. The fourth-order valence-corrected chi connectivity index (χ4v) is 11.6. The summed E-state index contributed by atoms with van der Waals surface area (Å²) in [5.74, 6) is 0. The number of nitrogens with zero attached hydrogens (tertiary/aromatic N) is 5. The van der Waals surface area contributed by atoms with Crippen LogP contribution in [-0.2, 0) is 21.7 Å². The van der Waals surface area contributed by atoms with Crippen molar-refractivity contribution < 1.29 is 0 Å². The van der Waals surface area contributed by atoms with Gasteiger partial charge in [-0.1, -0.05) is 107 Å². The van der Waals surface area contributed by atoms with E-state index >= 15 is 0 Å². The van der Waals surface area contributed by atoms with Gasteiger partial charge in [0.2, 0.25) is 0 Å². The normalized spacial score (nSPS) is 14.4. The summed E-state index contributed by atoms with van der Waals surface area (Å²) in [5.41, 5.74) is 21.7. The highest BCUT2D eigenvalue weighted by Crippen LogP contribution is 2.50. The standard InChI is InChI=1S/C56H52BN5/c1-53(2,3)29-13-16-40-34(23-29)35-26-32(56(10,11)12)27-39-48(35)61(40)51-44-33-19-21-58-28-43(33)60-41-17-14-30(54(4,5)6)24-36(41)45(50(44)60)52-46(51)57(39)38-20-22-59-47-37-25-31(55(7,8)9)15-18-42(37)62(52)49(38)47/h13-28H,1-12H3. The Morgan fingerprint density at radius 3 is 1.63 bits per heavy atom. The second kappa shape index (κ2) is 11.1. The topological polar surface area (TPSA) is 40.0 Å². The van der Waals surface area contributed by atoms with Crippen molar-refractivity contribution in [2.45, 2.75) is 105 Å². The van der Waals surface area contributed by atoms with Crippen LogP contribution in [-0.4, -0.2) is 30.2 Å². The van der Waals surface area contributed by atoms with Crippen molar-refractivity contribution in [1.29, 1.82) is 0 Å². The molecule has 0 spiro atoms. The van der Waals surface area contributed by atoms with E-state index in [2.05, 4.69) is 188 Å². The summed E-state index contributed by atoms with van der Waals surface area (Å²) in [6.07, 6.45) is 6.17. The summed E-state index contributed by atoms with van der Waals surface area (Å²) in [7, 11) is 0. The molecule has 0 radical (unpaired) electrons. The highest BCUT2D eigenvalue weighted by Gasteiger charge is 2.45. The number of hydrogen-bond donors (Lipinski definition) is 0. The molecule has 8 heterocycles. The molecule has 0 N–H and O–H groups in total. The Kier molecular flexibility index (Phi) is 6.52. The average Bonchev–Trinajstić information content (AvgIpc) is 3.94. The lowest BCUT2D eigenvalue weighted by atomic mass is 9.34. The minimum Gasteiger partial charge on any atom is -0.309 e. The molecule has 13 rings (SSSR count). The lowest BCUT2D eigenvalue weighted by Gasteiger charge is -2.35. The van der Waals surface area contributed by atoms with Crippen LogP contribution in [0.2, 0.25) is 0 Å². The molecule has 6 aromatic heterocycles. The van der Waals surface area contributed by atoms with Gasteiger partial charge in [-0.3, -0.25) is 9.97 Å². The van der Waals surface area contributed by atoms with Crippen molar-refractivity contribution in [2.24, 2.45) is 0 Å². The molecule has 304 valence electrons. The van der Waals surface area contributed by atoms with E-state index in [1.54, 1.807) is 0 Å². The molecule has 11 aromatic rings. The van der Waals surface area contributed by atoms with Crippen LogP contribution < -0.4 is 16.4 Å². The highest BCUT2D eigenvalue weighted by atomic mass is 15.1. The van der Waals surface area contributed by atoms with Gasteiger partial charge in [-0.2, -0.15) is 0 Å². The fourth-order valence-electron chi connectivity index (χ4n) is 11.6. The maximum absolute atomic E-state index is 5.31. The molecule has 6 heteroatoms. The zero-order valence-electron chi connectivity index (χ0n) is 38.1. The first-order valence-electron chi connectivity index (χ1n) is 22.5. The molecule has 5 nitrogen and oxygen atoms in total. The smallest absolute Gasteiger partial charge is 0.252 e. The first kappa shape index (κ1) is 36.5. The van der Waals surface area contributed by atoms with Gasteiger partial charge in [0.05, 0.1) is 56.2 Å². The monoisotopic (exact) mass is 805 g/mol. The fraction of sp³-hybridized carbons (Fsp3) is 0.286. The Bertz CT molecular complexity index is 3840. The molecule has 62 heavy (non-hydrogen) atoms. The second-order valence-electron chi connectivity index (χ2n) is 22.8. The number of aromatic nitrogens is 5. The quantitative estimate of drug-likeness (QED) is 0.143. The molecule has 0 atom stereocenters. The molecule has 0 amide bonds. The Labute approximate surface area is 362 Å². The lowest BCUT2D eigenvalue weighted by molar-refractivity contribution is 0.590. The first-order valence-corrected chi connectivity index (χ1v) is 22.5. The Hall–Kier alpha value is -6.14. The van der Waals surface area contributed by atoms with Crippen LogP contribution in [0.1, 0.15) is 105 Å². The van der Waals surface area contributed by atoms with Gasteiger partial charge in [-0.05, 0) is 115 Å². The SMILES string of the molecule is CC(C)(C)c1ccc2c(c1)c1cc(C(C)(C)C)cc3c1n2-c1c2c(c4c5cc(C(C)(C)C)ccc5n5c6cnccc6c1c45)-n1c4ccc(C(C)(C)C)cc4c4nccc(c41)B23. The van der Waals surface area contributed by atoms with Gasteiger partial charge in [0, 0.05) is 55.6 Å². The molecular weight excluding hydrogens is 753 g/mol. The molecule has 5 aromatic carbocycles. The molecule has 0 bridgehead atoms. The van der Waals surface area contributed by atoms with Crippen LogP contribution >= 0.6 is 0 Å². The predicted octanol–water partition coefficient (Wildman–Crippen LogP) is 12.2. The predicted molar refractivity (Wildman–Crippen MR) is 265 cm³/mol. The van der Waals surface area contributed by atoms with E-state index in [-0.39, 0.29) is 28.4 Å². The van der Waals surface area contributed by atoms with Crippen LogP contribution in [0.3, 0.4) is 0 Å². The van der Waals surface area contributed by atoms with Crippen LogP contribution in [0.5, 0.6) is 0 Å². The van der Waals surface area contributed by atoms with E-state index < -0.39 is 0 Å². The third kappa shape index (κ3) is 4.36. The number of rotatable bonds is 0. The summed E-state index contributed by atoms with van der Waals surface area (Å²) in [6, 6.07) is 31.4. The van der Waals surface area contributed by atoms with Gasteiger partial charge in [0.25, 0.3) is 6.71 Å². The van der Waals surface area contributed by atoms with Crippen LogP contribution in [0, 0.1) is 0 Å². The number of hydrogen-bond acceptors (Lipinski definition) is 2. The van der Waals surface area contributed by atoms with Crippen molar-refractivity contribution >= 4 is 105 Å². The van der Waals surface area contributed by atoms with Crippen molar-refractivity contribution in [3.8, 4) is 11.4 Å². The molecule has 0 saturated heterocycles. The summed E-state index contributed by atoms with van der Waals surface area (Å²) >= 11 is 0. The van der Waals surface area contributed by atoms with Crippen LogP contribution in [0.15, 0.2) is 97.5 Å². The van der Waals surface area contributed by atoms with Crippen molar-refractivity contribution in [3.63, 3.8) is 0 Å². The molecule has 0 unspecified atom stereocenters. The zero-order valence-corrected chi connectivity index (χ0v) is 38.1. The van der Waals surface area contributed by atoms with E-state index in [0.717, 1.165) is 11.0 Å². The number of fused-ring (bicyclic) bond motifs is 18. The summed E-state index contributed by atoms with van der Waals surface area (Å²) in [5, 5.41) is 9.03. The summed E-state index contributed by atoms with van der Waals surface area (Å²) in [6.45, 7) is 28.0. The van der Waals surface area contributed by atoms with E-state index in [1.807, 2.05) is 6.20 Å². The van der Waals surface area contributed by atoms with Crippen molar-refractivity contribution in [3.05, 3.63) is 120 Å². The maximum atomic E-state index is 5.31. The van der Waals surface area contributed by atoms with E-state index in [4.69, 9.17) is 9.97 Å². The Morgan fingerprint density at radius 1 is 0.435 bits per heavy atom. The molecule has 0 fully saturated rings. The second-order valence-corrected chi connectivity index (χ2v) is 22.8. The number of benzene rings is 5. The molecule has 0 aliphatic carbocycles. The third-order valence-electron chi connectivity index (χ3n) is 14.9. The molecule has 2 aliphatic rings. The van der Waals surface area contributed by atoms with Gasteiger partial charge < -0.3 is 13.5 Å². The van der Waals surface area contributed by atoms with E-state index in [1.165, 1.54) is 121 Å².